The Balaban J connectivity index is 1.44. The summed E-state index contributed by atoms with van der Waals surface area (Å²) < 4.78 is 0. The Bertz CT molecular complexity index is 973. The second kappa shape index (κ2) is 11.4. The van der Waals surface area contributed by atoms with Crippen molar-refractivity contribution in [3.8, 4) is 0 Å². The van der Waals surface area contributed by atoms with Gasteiger partial charge in [0.15, 0.2) is 0 Å². The van der Waals surface area contributed by atoms with Crippen LogP contribution in [0.25, 0.3) is 0 Å². The molecule has 0 bridgehead atoms. The molecule has 0 saturated carbocycles. The van der Waals surface area contributed by atoms with Gasteiger partial charge in [0.1, 0.15) is 12.1 Å². The fourth-order valence-corrected chi connectivity index (χ4v) is 3.90. The average molecular weight is 451 g/mol. The molecule has 1 unspecified atom stereocenters. The summed E-state index contributed by atoms with van der Waals surface area (Å²) in [6.45, 7) is 3.33. The van der Waals surface area contributed by atoms with Crippen LogP contribution in [-0.2, 0) is 16.2 Å². The van der Waals surface area contributed by atoms with E-state index in [4.69, 9.17) is 4.84 Å². The summed E-state index contributed by atoms with van der Waals surface area (Å²) in [5.41, 5.74) is 0.482. The van der Waals surface area contributed by atoms with E-state index in [0.717, 1.165) is 16.9 Å². The highest BCUT2D eigenvalue weighted by molar-refractivity contribution is 6.23. The van der Waals surface area contributed by atoms with Crippen molar-refractivity contribution in [3.05, 3.63) is 71.3 Å². The maximum Gasteiger partial charge on any atom is 0.262 e. The van der Waals surface area contributed by atoms with Gasteiger partial charge in [-0.2, -0.15) is 0 Å². The lowest BCUT2D eigenvalue weighted by Gasteiger charge is -2.35. The normalized spacial score (nSPS) is 14.9. The number of hydrogen-bond acceptors (Lipinski definition) is 6. The van der Waals surface area contributed by atoms with Crippen LogP contribution in [0.3, 0.4) is 0 Å². The van der Waals surface area contributed by atoms with Gasteiger partial charge in [0.05, 0.1) is 17.3 Å². The topological polar surface area (TPSA) is 100 Å². The van der Waals surface area contributed by atoms with Crippen molar-refractivity contribution in [1.82, 2.24) is 15.5 Å². The van der Waals surface area contributed by atoms with Gasteiger partial charge in [-0.05, 0) is 50.4 Å². The van der Waals surface area contributed by atoms with E-state index in [-0.39, 0.29) is 5.91 Å². The Hall–Kier alpha value is -3.52. The number of amides is 3. The van der Waals surface area contributed by atoms with Gasteiger partial charge in [-0.15, -0.1) is 0 Å². The Kier molecular flexibility index (Phi) is 8.32. The molecule has 0 radical (unpaired) electrons. The average Bonchev–Trinajstić information content (AvgIpc) is 3.10. The number of rotatable bonds is 12. The number of carbonyl (C=O) groups excluding carboxylic acids is 3. The molecule has 0 aromatic heterocycles. The highest BCUT2D eigenvalue weighted by Crippen LogP contribution is 2.32. The van der Waals surface area contributed by atoms with E-state index in [1.807, 2.05) is 30.3 Å². The Morgan fingerprint density at radius 1 is 1.03 bits per heavy atom. The molecule has 2 aromatic rings. The molecule has 2 N–H and O–H groups in total. The summed E-state index contributed by atoms with van der Waals surface area (Å²) in [5.74, 6) is -1.20. The van der Waals surface area contributed by atoms with Crippen LogP contribution in [0.2, 0.25) is 0 Å². The maximum absolute atomic E-state index is 12.9. The maximum atomic E-state index is 12.9. The van der Waals surface area contributed by atoms with Crippen molar-refractivity contribution in [2.45, 2.75) is 38.3 Å². The molecule has 1 aliphatic heterocycles. The molecule has 0 spiro atoms. The number of carbonyl (C=O) groups is 3. The Morgan fingerprint density at radius 3 is 2.30 bits per heavy atom. The van der Waals surface area contributed by atoms with Crippen LogP contribution in [0.4, 0.5) is 0 Å². The molecular formula is C25H30N4O4. The molecule has 1 atom stereocenters. The van der Waals surface area contributed by atoms with E-state index in [0.29, 0.717) is 43.7 Å². The minimum atomic E-state index is -1.26. The van der Waals surface area contributed by atoms with Crippen LogP contribution in [0.1, 0.15) is 52.5 Å². The fourth-order valence-electron chi connectivity index (χ4n) is 3.90. The number of unbranched alkanes of at least 4 members (excludes halogenated alkanes) is 1. The number of hydrogen-bond donors (Lipinski definition) is 2. The molecule has 3 rings (SSSR count). The minimum absolute atomic E-state index is 0.341. The zero-order valence-electron chi connectivity index (χ0n) is 19.0. The van der Waals surface area contributed by atoms with Crippen molar-refractivity contribution in [1.29, 1.82) is 0 Å². The molecule has 2 aromatic carbocycles. The summed E-state index contributed by atoms with van der Waals surface area (Å²) in [5, 5.41) is 9.77. The van der Waals surface area contributed by atoms with Crippen molar-refractivity contribution < 1.29 is 19.2 Å². The fraction of sp³-hybridized carbons (Fsp3) is 0.360. The molecule has 0 aliphatic carbocycles. The van der Waals surface area contributed by atoms with Crippen LogP contribution in [0.15, 0.2) is 59.8 Å². The molecule has 8 heteroatoms. The Morgan fingerprint density at radius 2 is 1.67 bits per heavy atom. The van der Waals surface area contributed by atoms with E-state index in [1.54, 1.807) is 37.4 Å². The molecule has 1 heterocycles. The first kappa shape index (κ1) is 24.1. The third-order valence-electron chi connectivity index (χ3n) is 5.73. The zero-order chi connectivity index (χ0) is 23.7. The minimum Gasteiger partial charge on any atom is -0.391 e. The molecule has 8 nitrogen and oxygen atoms in total. The first-order valence-corrected chi connectivity index (χ1v) is 11.1. The van der Waals surface area contributed by atoms with Gasteiger partial charge >= 0.3 is 0 Å². The molecule has 174 valence electrons. The highest BCUT2D eigenvalue weighted by atomic mass is 16.6. The number of fused-ring (bicyclic) bond motifs is 1. The van der Waals surface area contributed by atoms with E-state index in [1.165, 1.54) is 7.05 Å². The predicted molar refractivity (Wildman–Crippen MR) is 126 cm³/mol. The number of likely N-dealkylation sites (N-methyl/N-ethyl adjacent to an activating group) is 1. The molecule has 33 heavy (non-hydrogen) atoms. The van der Waals surface area contributed by atoms with Crippen LogP contribution >= 0.6 is 0 Å². The van der Waals surface area contributed by atoms with E-state index < -0.39 is 17.4 Å². The lowest BCUT2D eigenvalue weighted by Crippen LogP contribution is -2.58. The summed E-state index contributed by atoms with van der Waals surface area (Å²) >= 11 is 0. The highest BCUT2D eigenvalue weighted by Gasteiger charge is 2.49. The van der Waals surface area contributed by atoms with Gasteiger partial charge in [0.2, 0.25) is 5.91 Å². The lowest BCUT2D eigenvalue weighted by molar-refractivity contribution is -0.130. The van der Waals surface area contributed by atoms with E-state index in [9.17, 15) is 14.4 Å². The first-order chi connectivity index (χ1) is 16.0. The van der Waals surface area contributed by atoms with Crippen molar-refractivity contribution in [2.75, 3.05) is 20.1 Å². The standard InChI is InChI=1S/C25H30N4O4/c1-25(24(32)26-2,29-22(30)20-12-6-7-13-21(20)23(29)31)14-8-9-15-27-16-17-28-33-18-19-10-4-3-5-11-19/h3-7,10-13,17,27H,8-9,14-16,18H2,1-2H3,(H,26,32). The third-order valence-corrected chi connectivity index (χ3v) is 5.73. The number of benzene rings is 2. The quantitative estimate of drug-likeness (QED) is 0.224. The largest absolute Gasteiger partial charge is 0.391 e. The van der Waals surface area contributed by atoms with Gasteiger partial charge < -0.3 is 15.5 Å². The monoisotopic (exact) mass is 450 g/mol. The van der Waals surface area contributed by atoms with E-state index >= 15 is 0 Å². The number of nitrogens with one attached hydrogen (secondary N) is 2. The van der Waals surface area contributed by atoms with Gasteiger partial charge in [-0.25, -0.2) is 0 Å². The van der Waals surface area contributed by atoms with E-state index in [2.05, 4.69) is 15.8 Å². The summed E-state index contributed by atoms with van der Waals surface area (Å²) in [6, 6.07) is 16.5. The molecule has 3 amide bonds. The molecule has 0 saturated heterocycles. The van der Waals surface area contributed by atoms with Crippen molar-refractivity contribution in [3.63, 3.8) is 0 Å². The van der Waals surface area contributed by atoms with Crippen LogP contribution in [0.5, 0.6) is 0 Å². The first-order valence-electron chi connectivity index (χ1n) is 11.1. The summed E-state index contributed by atoms with van der Waals surface area (Å²) in [6.07, 6.45) is 3.46. The summed E-state index contributed by atoms with van der Waals surface area (Å²) in [4.78, 5) is 44.9. The number of nitrogens with zero attached hydrogens (tertiary/aromatic N) is 2. The summed E-state index contributed by atoms with van der Waals surface area (Å²) in [7, 11) is 1.51. The molecular weight excluding hydrogens is 420 g/mol. The zero-order valence-corrected chi connectivity index (χ0v) is 19.0. The van der Waals surface area contributed by atoms with Gasteiger partial charge in [0, 0.05) is 13.6 Å². The van der Waals surface area contributed by atoms with Crippen LogP contribution in [-0.4, -0.2) is 54.5 Å². The predicted octanol–water partition coefficient (Wildman–Crippen LogP) is 2.75. The van der Waals surface area contributed by atoms with Gasteiger partial charge in [0.25, 0.3) is 11.8 Å². The second-order valence-electron chi connectivity index (χ2n) is 8.05. The van der Waals surface area contributed by atoms with Crippen molar-refractivity contribution >= 4 is 23.9 Å². The van der Waals surface area contributed by atoms with Gasteiger partial charge in [-0.1, -0.05) is 47.6 Å². The smallest absolute Gasteiger partial charge is 0.262 e. The SMILES string of the molecule is CNC(=O)C(C)(CCCCNCC=NOCc1ccccc1)N1C(=O)c2ccccc2C1=O. The molecule has 1 aliphatic rings. The lowest BCUT2D eigenvalue weighted by atomic mass is 9.91. The number of oxime groups is 1. The third kappa shape index (κ3) is 5.64. The van der Waals surface area contributed by atoms with Gasteiger partial charge in [-0.3, -0.25) is 19.3 Å². The Labute approximate surface area is 194 Å². The van der Waals surface area contributed by atoms with Crippen LogP contribution in [0, 0.1) is 0 Å². The van der Waals surface area contributed by atoms with Crippen molar-refractivity contribution in [2.24, 2.45) is 5.16 Å². The van der Waals surface area contributed by atoms with Crippen LogP contribution < -0.4 is 10.6 Å². The number of imide groups is 1. The second-order valence-corrected chi connectivity index (χ2v) is 8.05. The molecule has 0 fully saturated rings.